The molecule has 4 nitrogen and oxygen atoms in total. The summed E-state index contributed by atoms with van der Waals surface area (Å²) in [5.74, 6) is -0.605. The van der Waals surface area contributed by atoms with Crippen LogP contribution in [0.25, 0.3) is 0 Å². The second-order valence-electron chi connectivity index (χ2n) is 4.47. The van der Waals surface area contributed by atoms with E-state index < -0.39 is 11.9 Å². The lowest BCUT2D eigenvalue weighted by atomic mass is 9.77. The molecular weight excluding hydrogens is 208 g/mol. The number of esters is 1. The number of methoxy groups -OCH3 is 1. The Hall–Kier alpha value is -1.32. The smallest absolute Gasteiger partial charge is 0.433 e. The number of hydrogen-bond donors (Lipinski definition) is 0. The number of ether oxygens (including phenoxy) is 1. The van der Waals surface area contributed by atoms with Gasteiger partial charge in [-0.25, -0.2) is 0 Å². The van der Waals surface area contributed by atoms with Crippen LogP contribution in [0.3, 0.4) is 0 Å². The fourth-order valence-electron chi connectivity index (χ4n) is 2.01. The average Bonchev–Trinajstić information content (AvgIpc) is 2.21. The first kappa shape index (κ1) is 12.7. The number of Topliss-reactive ketones (excluding diaryl/α,β-unsaturated/α-hetero) is 2. The second-order valence-corrected chi connectivity index (χ2v) is 4.47. The topological polar surface area (TPSA) is 60.4 Å². The molecule has 4 heteroatoms. The highest BCUT2D eigenvalue weighted by molar-refractivity contribution is 6.05. The van der Waals surface area contributed by atoms with E-state index in [9.17, 15) is 14.4 Å². The number of rotatable bonds is 3. The van der Waals surface area contributed by atoms with Crippen LogP contribution in [0.1, 0.15) is 33.1 Å². The quantitative estimate of drug-likeness (QED) is 0.413. The van der Waals surface area contributed by atoms with Gasteiger partial charge in [0.15, 0.2) is 0 Å². The Kier molecular flexibility index (Phi) is 4.10. The molecule has 1 saturated carbocycles. The van der Waals surface area contributed by atoms with Crippen molar-refractivity contribution in [3.8, 4) is 0 Å². The summed E-state index contributed by atoms with van der Waals surface area (Å²) < 4.78 is 4.55. The van der Waals surface area contributed by atoms with Crippen molar-refractivity contribution in [2.75, 3.05) is 7.11 Å². The first-order valence-corrected chi connectivity index (χ1v) is 5.41. The number of carbonyl (C=O) groups excluding carboxylic acids is 3. The third-order valence-corrected chi connectivity index (χ3v) is 2.92. The molecule has 1 aliphatic rings. The van der Waals surface area contributed by atoms with Gasteiger partial charge in [-0.1, -0.05) is 6.92 Å². The zero-order chi connectivity index (χ0) is 12.3. The van der Waals surface area contributed by atoms with E-state index in [-0.39, 0.29) is 23.9 Å². The third kappa shape index (κ3) is 2.84. The van der Waals surface area contributed by atoms with Crippen LogP contribution in [0.5, 0.6) is 0 Å². The van der Waals surface area contributed by atoms with E-state index in [2.05, 4.69) is 4.74 Å². The van der Waals surface area contributed by atoms with E-state index >= 15 is 0 Å². The van der Waals surface area contributed by atoms with Crippen LogP contribution in [0.4, 0.5) is 0 Å². The van der Waals surface area contributed by atoms with Crippen LogP contribution >= 0.6 is 0 Å². The molecule has 0 atom stereocenters. The summed E-state index contributed by atoms with van der Waals surface area (Å²) in [7, 11) is 1.29. The minimum absolute atomic E-state index is 0.0491. The van der Waals surface area contributed by atoms with E-state index in [1.165, 1.54) is 7.11 Å². The molecule has 0 saturated heterocycles. The van der Waals surface area contributed by atoms with Crippen LogP contribution in [-0.4, -0.2) is 24.6 Å². The largest absolute Gasteiger partial charge is 0.498 e. The lowest BCUT2D eigenvalue weighted by molar-refractivity contribution is -0.140. The molecule has 0 unspecified atom stereocenters. The fourth-order valence-corrected chi connectivity index (χ4v) is 2.01. The summed E-state index contributed by atoms with van der Waals surface area (Å²) in [6.45, 7) is 3.49. The number of ketones is 2. The van der Waals surface area contributed by atoms with Gasteiger partial charge in [-0.3, -0.25) is 9.59 Å². The van der Waals surface area contributed by atoms with Gasteiger partial charge >= 0.3 is 5.97 Å². The Balaban J connectivity index is 2.62. The summed E-state index contributed by atoms with van der Waals surface area (Å²) >= 11 is 0. The maximum atomic E-state index is 11.7. The summed E-state index contributed by atoms with van der Waals surface area (Å²) in [5, 5.41) is 0. The molecule has 0 aromatic carbocycles. The van der Waals surface area contributed by atoms with Crippen LogP contribution in [-0.2, 0) is 19.1 Å². The molecule has 0 spiro atoms. The van der Waals surface area contributed by atoms with Gasteiger partial charge in [0.1, 0.15) is 23.9 Å². The van der Waals surface area contributed by atoms with Crippen molar-refractivity contribution in [3.05, 3.63) is 5.92 Å². The van der Waals surface area contributed by atoms with Gasteiger partial charge in [-0.05, 0) is 5.92 Å². The van der Waals surface area contributed by atoms with Gasteiger partial charge < -0.3 is 4.74 Å². The molecule has 0 heterocycles. The third-order valence-electron chi connectivity index (χ3n) is 2.92. The van der Waals surface area contributed by atoms with Gasteiger partial charge in [0.05, 0.1) is 14.0 Å². The highest BCUT2D eigenvalue weighted by atomic mass is 16.5. The predicted octanol–water partition coefficient (Wildman–Crippen LogP) is 1.33. The molecule has 0 aromatic rings. The molecule has 0 bridgehead atoms. The van der Waals surface area contributed by atoms with Crippen molar-refractivity contribution in [2.24, 2.45) is 11.8 Å². The molecule has 0 amide bonds. The van der Waals surface area contributed by atoms with Crippen LogP contribution in [0.15, 0.2) is 0 Å². The zero-order valence-corrected chi connectivity index (χ0v) is 9.91. The van der Waals surface area contributed by atoms with Crippen molar-refractivity contribution in [1.29, 1.82) is 0 Å². The lowest BCUT2D eigenvalue weighted by Gasteiger charge is -2.21. The molecular formula is C12H17O4+. The van der Waals surface area contributed by atoms with Gasteiger partial charge in [-0.2, -0.15) is 4.79 Å². The van der Waals surface area contributed by atoms with Gasteiger partial charge in [0.25, 0.3) is 0 Å². The average molecular weight is 225 g/mol. The molecule has 0 radical (unpaired) electrons. The first-order valence-electron chi connectivity index (χ1n) is 5.41. The molecule has 88 valence electrons. The normalized spacial score (nSPS) is 25.4. The van der Waals surface area contributed by atoms with Crippen LogP contribution in [0, 0.1) is 17.8 Å². The van der Waals surface area contributed by atoms with E-state index in [1.54, 1.807) is 6.92 Å². The molecule has 0 N–H and O–H groups in total. The maximum Gasteiger partial charge on any atom is 0.498 e. The molecule has 1 rings (SSSR count). The first-order chi connectivity index (χ1) is 7.45. The molecule has 0 aromatic heterocycles. The van der Waals surface area contributed by atoms with Gasteiger partial charge in [-0.15, -0.1) is 0 Å². The summed E-state index contributed by atoms with van der Waals surface area (Å²) in [5.41, 5.74) is 0. The van der Waals surface area contributed by atoms with E-state index in [4.69, 9.17) is 0 Å². The van der Waals surface area contributed by atoms with Crippen LogP contribution in [0.2, 0.25) is 0 Å². The van der Waals surface area contributed by atoms with Gasteiger partial charge in [0, 0.05) is 12.8 Å². The fraction of sp³-hybridized carbons (Fsp3) is 0.667. The zero-order valence-electron chi connectivity index (χ0n) is 9.91. The van der Waals surface area contributed by atoms with E-state index in [0.717, 1.165) is 0 Å². The second kappa shape index (κ2) is 5.14. The Morgan fingerprint density at radius 1 is 1.38 bits per heavy atom. The van der Waals surface area contributed by atoms with Gasteiger partial charge in [0.2, 0.25) is 5.92 Å². The number of hydrogen-bond acceptors (Lipinski definition) is 4. The standard InChI is InChI=1S/C12H17O4/c1-7-4-10(13)9(11(14)5-7)6-8(2)12(15)16-3/h7,9H,4-6H2,1-3H3/q+1. The van der Waals surface area contributed by atoms with Crippen molar-refractivity contribution in [3.63, 3.8) is 0 Å². The van der Waals surface area contributed by atoms with Crippen molar-refractivity contribution < 1.29 is 19.1 Å². The Morgan fingerprint density at radius 2 is 1.88 bits per heavy atom. The maximum absolute atomic E-state index is 11.7. The minimum Gasteiger partial charge on any atom is -0.433 e. The van der Waals surface area contributed by atoms with Crippen molar-refractivity contribution in [1.82, 2.24) is 0 Å². The Labute approximate surface area is 95.3 Å². The summed E-state index contributed by atoms with van der Waals surface area (Å²) in [4.78, 5) is 34.5. The summed E-state index contributed by atoms with van der Waals surface area (Å²) in [6, 6.07) is 0. The predicted molar refractivity (Wildman–Crippen MR) is 57.5 cm³/mol. The molecule has 0 aliphatic heterocycles. The SMILES string of the molecule is COC(=O)[C+](C)CC1C(=O)CC(C)CC1=O. The highest BCUT2D eigenvalue weighted by Gasteiger charge is 2.41. The molecule has 1 aliphatic carbocycles. The van der Waals surface area contributed by atoms with Crippen LogP contribution < -0.4 is 0 Å². The Morgan fingerprint density at radius 3 is 2.31 bits per heavy atom. The summed E-state index contributed by atoms with van der Waals surface area (Å²) in [6.07, 6.45) is 1.08. The highest BCUT2D eigenvalue weighted by Crippen LogP contribution is 2.28. The Bertz CT molecular complexity index is 290. The van der Waals surface area contributed by atoms with Crippen molar-refractivity contribution in [2.45, 2.75) is 33.1 Å². The van der Waals surface area contributed by atoms with Crippen molar-refractivity contribution >= 4 is 17.5 Å². The minimum atomic E-state index is -0.629. The molecule has 1 fully saturated rings. The molecule has 16 heavy (non-hydrogen) atoms. The monoisotopic (exact) mass is 225 g/mol. The lowest BCUT2D eigenvalue weighted by Crippen LogP contribution is -2.34. The van der Waals surface area contributed by atoms with E-state index in [0.29, 0.717) is 18.8 Å². The van der Waals surface area contributed by atoms with E-state index in [1.807, 2.05) is 6.92 Å². The number of carbonyl (C=O) groups is 3.